The zero-order chi connectivity index (χ0) is 19.5. The number of nitrogens with zero attached hydrogens (tertiary/aromatic N) is 3. The van der Waals surface area contributed by atoms with Crippen molar-refractivity contribution in [3.05, 3.63) is 47.0 Å². The van der Waals surface area contributed by atoms with Crippen LogP contribution in [-0.4, -0.2) is 48.1 Å². The van der Waals surface area contributed by atoms with Gasteiger partial charge in [-0.05, 0) is 30.5 Å². The summed E-state index contributed by atoms with van der Waals surface area (Å²) in [6, 6.07) is 5.58. The summed E-state index contributed by atoms with van der Waals surface area (Å²) in [4.78, 5) is 24.3. The molecule has 4 rings (SSSR count). The monoisotopic (exact) mass is 382 g/mol. The number of likely N-dealkylation sites (tertiary alicyclic amines) is 1. The highest BCUT2D eigenvalue weighted by Crippen LogP contribution is 2.32. The summed E-state index contributed by atoms with van der Waals surface area (Å²) in [7, 11) is 3.20. The van der Waals surface area contributed by atoms with Crippen molar-refractivity contribution < 1.29 is 14.3 Å². The number of carbonyl (C=O) groups is 1. The average Bonchev–Trinajstić information content (AvgIpc) is 3.23. The topological polar surface area (TPSA) is 76.6 Å². The Bertz CT molecular complexity index is 871. The Labute approximate surface area is 165 Å². The lowest BCUT2D eigenvalue weighted by atomic mass is 10.1. The second-order valence-corrected chi connectivity index (χ2v) is 7.24. The van der Waals surface area contributed by atoms with Crippen molar-refractivity contribution in [2.24, 2.45) is 0 Å². The molecule has 1 atom stereocenters. The van der Waals surface area contributed by atoms with Gasteiger partial charge in [0.15, 0.2) is 17.3 Å². The molecule has 0 aliphatic carbocycles. The standard InChI is InChI=1S/C21H26N4O3/c1-27-18-6-5-14(10-19(18)28-2)11-20(26)25-9-3-4-17(25)21-23-13-15-12-22-8-7-16(15)24-21/h5-6,10,13,17,22H,3-4,7-9,11-12H2,1-2H3. The summed E-state index contributed by atoms with van der Waals surface area (Å²) in [6.45, 7) is 2.51. The first-order valence-corrected chi connectivity index (χ1v) is 9.75. The molecule has 7 nitrogen and oxygen atoms in total. The maximum Gasteiger partial charge on any atom is 0.227 e. The third kappa shape index (κ3) is 3.67. The Morgan fingerprint density at radius 2 is 2.14 bits per heavy atom. The third-order valence-electron chi connectivity index (χ3n) is 5.50. The van der Waals surface area contributed by atoms with Gasteiger partial charge in [0, 0.05) is 43.5 Å². The molecule has 1 fully saturated rings. The Kier molecular flexibility index (Phi) is 5.43. The first-order chi connectivity index (χ1) is 13.7. The number of fused-ring (bicyclic) bond motifs is 1. The molecule has 1 N–H and O–H groups in total. The van der Waals surface area contributed by atoms with Gasteiger partial charge in [-0.1, -0.05) is 6.07 Å². The van der Waals surface area contributed by atoms with Crippen LogP contribution in [0.25, 0.3) is 0 Å². The fourth-order valence-corrected chi connectivity index (χ4v) is 4.01. The van der Waals surface area contributed by atoms with Crippen LogP contribution >= 0.6 is 0 Å². The molecule has 2 aromatic rings. The normalized spacial score (nSPS) is 18.6. The van der Waals surface area contributed by atoms with Gasteiger partial charge in [-0.25, -0.2) is 9.97 Å². The smallest absolute Gasteiger partial charge is 0.227 e. The average molecular weight is 382 g/mol. The van der Waals surface area contributed by atoms with Crippen molar-refractivity contribution in [3.8, 4) is 11.5 Å². The second kappa shape index (κ2) is 8.14. The number of amides is 1. The Hall–Kier alpha value is -2.67. The van der Waals surface area contributed by atoms with Crippen molar-refractivity contribution in [1.82, 2.24) is 20.2 Å². The fraction of sp³-hybridized carbons (Fsp3) is 0.476. The summed E-state index contributed by atoms with van der Waals surface area (Å²) in [5.74, 6) is 2.17. The first-order valence-electron chi connectivity index (χ1n) is 9.75. The number of nitrogens with one attached hydrogen (secondary N) is 1. The number of aromatic nitrogens is 2. The zero-order valence-electron chi connectivity index (χ0n) is 16.4. The number of methoxy groups -OCH3 is 2. The molecule has 1 aromatic heterocycles. The molecule has 2 aliphatic rings. The fourth-order valence-electron chi connectivity index (χ4n) is 4.01. The van der Waals surface area contributed by atoms with Crippen molar-refractivity contribution in [3.63, 3.8) is 0 Å². The van der Waals surface area contributed by atoms with Gasteiger partial charge in [0.25, 0.3) is 0 Å². The van der Waals surface area contributed by atoms with Crippen molar-refractivity contribution in [1.29, 1.82) is 0 Å². The van der Waals surface area contributed by atoms with Crippen molar-refractivity contribution in [2.45, 2.75) is 38.3 Å². The molecule has 1 aromatic carbocycles. The lowest BCUT2D eigenvalue weighted by Gasteiger charge is -2.25. The van der Waals surface area contributed by atoms with Gasteiger partial charge in [0.05, 0.1) is 26.7 Å². The Morgan fingerprint density at radius 3 is 2.96 bits per heavy atom. The van der Waals surface area contributed by atoms with Crippen LogP contribution in [0.4, 0.5) is 0 Å². The van der Waals surface area contributed by atoms with E-state index in [0.29, 0.717) is 17.9 Å². The first kappa shape index (κ1) is 18.7. The molecule has 1 saturated heterocycles. The van der Waals surface area contributed by atoms with E-state index in [0.717, 1.165) is 61.5 Å². The Morgan fingerprint density at radius 1 is 1.29 bits per heavy atom. The molecule has 0 radical (unpaired) electrons. The summed E-state index contributed by atoms with van der Waals surface area (Å²) in [5, 5.41) is 3.34. The molecule has 0 saturated carbocycles. The highest BCUT2D eigenvalue weighted by molar-refractivity contribution is 5.79. The predicted octanol–water partition coefficient (Wildman–Crippen LogP) is 2.05. The van der Waals surface area contributed by atoms with Crippen LogP contribution in [0.2, 0.25) is 0 Å². The van der Waals surface area contributed by atoms with Gasteiger partial charge < -0.3 is 19.7 Å². The van der Waals surface area contributed by atoms with Crippen LogP contribution < -0.4 is 14.8 Å². The molecule has 2 aliphatic heterocycles. The van der Waals surface area contributed by atoms with E-state index in [1.165, 1.54) is 0 Å². The van der Waals surface area contributed by atoms with Crippen LogP contribution in [0.3, 0.4) is 0 Å². The molecule has 7 heteroatoms. The predicted molar refractivity (Wildman–Crippen MR) is 104 cm³/mol. The Balaban J connectivity index is 1.51. The van der Waals surface area contributed by atoms with Gasteiger partial charge in [-0.3, -0.25) is 4.79 Å². The maximum atomic E-state index is 13.0. The number of rotatable bonds is 5. The molecule has 0 spiro atoms. The van der Waals surface area contributed by atoms with Gasteiger partial charge in [0.1, 0.15) is 0 Å². The number of benzene rings is 1. The van der Waals surface area contributed by atoms with Crippen molar-refractivity contribution in [2.75, 3.05) is 27.3 Å². The number of hydrogen-bond acceptors (Lipinski definition) is 6. The maximum absolute atomic E-state index is 13.0. The molecule has 1 amide bonds. The molecule has 0 bridgehead atoms. The number of ether oxygens (including phenoxy) is 2. The summed E-state index contributed by atoms with van der Waals surface area (Å²) in [6.07, 6.45) is 5.04. The highest BCUT2D eigenvalue weighted by Gasteiger charge is 2.32. The molecular weight excluding hydrogens is 356 g/mol. The van der Waals surface area contributed by atoms with E-state index in [2.05, 4.69) is 10.3 Å². The zero-order valence-corrected chi connectivity index (χ0v) is 16.4. The van der Waals surface area contributed by atoms with Crippen LogP contribution in [0.5, 0.6) is 11.5 Å². The van der Waals surface area contributed by atoms with Crippen LogP contribution in [0.1, 0.15) is 41.5 Å². The minimum absolute atomic E-state index is 0.0344. The lowest BCUT2D eigenvalue weighted by molar-refractivity contribution is -0.131. The van der Waals surface area contributed by atoms with E-state index in [4.69, 9.17) is 14.5 Å². The summed E-state index contributed by atoms with van der Waals surface area (Å²) < 4.78 is 10.6. The van der Waals surface area contributed by atoms with Crippen LogP contribution in [0.15, 0.2) is 24.4 Å². The SMILES string of the molecule is COc1ccc(CC(=O)N2CCCC2c2ncc3c(n2)CCNC3)cc1OC. The lowest BCUT2D eigenvalue weighted by Crippen LogP contribution is -2.33. The quantitative estimate of drug-likeness (QED) is 0.853. The molecule has 28 heavy (non-hydrogen) atoms. The minimum Gasteiger partial charge on any atom is -0.493 e. The van der Waals surface area contributed by atoms with E-state index in [9.17, 15) is 4.79 Å². The number of hydrogen-bond donors (Lipinski definition) is 1. The van der Waals surface area contributed by atoms with Gasteiger partial charge in [0.2, 0.25) is 5.91 Å². The van der Waals surface area contributed by atoms with Gasteiger partial charge in [-0.2, -0.15) is 0 Å². The number of carbonyl (C=O) groups excluding carboxylic acids is 1. The van der Waals surface area contributed by atoms with Gasteiger partial charge in [-0.15, -0.1) is 0 Å². The largest absolute Gasteiger partial charge is 0.493 e. The van der Waals surface area contributed by atoms with E-state index < -0.39 is 0 Å². The molecule has 148 valence electrons. The third-order valence-corrected chi connectivity index (χ3v) is 5.50. The second-order valence-electron chi connectivity index (χ2n) is 7.24. The molecule has 1 unspecified atom stereocenters. The van der Waals surface area contributed by atoms with E-state index in [1.54, 1.807) is 14.2 Å². The van der Waals surface area contributed by atoms with E-state index in [-0.39, 0.29) is 11.9 Å². The minimum atomic E-state index is -0.0344. The molecule has 3 heterocycles. The van der Waals surface area contributed by atoms with E-state index in [1.807, 2.05) is 29.3 Å². The highest BCUT2D eigenvalue weighted by atomic mass is 16.5. The van der Waals surface area contributed by atoms with Crippen LogP contribution in [-0.2, 0) is 24.2 Å². The molecular formula is C21H26N4O3. The van der Waals surface area contributed by atoms with E-state index >= 15 is 0 Å². The van der Waals surface area contributed by atoms with Crippen molar-refractivity contribution >= 4 is 5.91 Å². The van der Waals surface area contributed by atoms with Crippen LogP contribution in [0, 0.1) is 0 Å². The summed E-state index contributed by atoms with van der Waals surface area (Å²) >= 11 is 0. The van der Waals surface area contributed by atoms with Gasteiger partial charge >= 0.3 is 0 Å². The summed E-state index contributed by atoms with van der Waals surface area (Å²) in [5.41, 5.74) is 3.19.